The van der Waals surface area contributed by atoms with Crippen molar-refractivity contribution in [2.24, 2.45) is 0 Å². The van der Waals surface area contributed by atoms with Crippen LogP contribution >= 0.6 is 0 Å². The molecule has 0 saturated carbocycles. The second-order valence-corrected chi connectivity index (χ2v) is 4.56. The Morgan fingerprint density at radius 3 is 1.91 bits per heavy atom. The van der Waals surface area contributed by atoms with E-state index in [0.717, 1.165) is 18.8 Å². The molecule has 0 atom stereocenters. The number of nitrogens with one attached hydrogen (secondary N) is 3. The van der Waals surface area contributed by atoms with Gasteiger partial charge < -0.3 is 25.4 Å². The topological polar surface area (TPSA) is 93.2 Å². The quantitative estimate of drug-likeness (QED) is 0.683. The van der Waals surface area contributed by atoms with E-state index in [9.17, 15) is 0 Å². The summed E-state index contributed by atoms with van der Waals surface area (Å²) in [5.74, 6) is 2.77. The molecule has 0 radical (unpaired) electrons. The number of anilines is 4. The molecule has 2 rings (SSSR count). The maximum Gasteiger partial charge on any atom is 0.233 e. The van der Waals surface area contributed by atoms with Crippen molar-refractivity contribution >= 4 is 23.5 Å². The van der Waals surface area contributed by atoms with E-state index < -0.39 is 0 Å². The Morgan fingerprint density at radius 1 is 0.826 bits per heavy atom. The van der Waals surface area contributed by atoms with Gasteiger partial charge in [-0.2, -0.15) is 15.0 Å². The highest BCUT2D eigenvalue weighted by Gasteiger charge is 2.08. The van der Waals surface area contributed by atoms with E-state index in [2.05, 4.69) is 30.9 Å². The van der Waals surface area contributed by atoms with Crippen LogP contribution in [-0.4, -0.2) is 42.3 Å². The van der Waals surface area contributed by atoms with Gasteiger partial charge >= 0.3 is 0 Å². The molecule has 0 spiro atoms. The van der Waals surface area contributed by atoms with Crippen LogP contribution in [0.5, 0.6) is 11.5 Å². The summed E-state index contributed by atoms with van der Waals surface area (Å²) in [6, 6.07) is 5.51. The first-order valence-corrected chi connectivity index (χ1v) is 7.43. The van der Waals surface area contributed by atoms with Crippen molar-refractivity contribution in [3.63, 3.8) is 0 Å². The van der Waals surface area contributed by atoms with Crippen LogP contribution in [0.25, 0.3) is 0 Å². The average molecular weight is 318 g/mol. The Bertz CT molecular complexity index is 626. The standard InChI is InChI=1S/C15H22N6O2/c1-5-16-13-19-14(17-6-2)21-15(20-13)18-10-7-8-11(22-3)12(9-10)23-4/h7-9H,5-6H2,1-4H3,(H3,16,17,18,19,20,21). The van der Waals surface area contributed by atoms with Crippen LogP contribution in [0.1, 0.15) is 13.8 Å². The molecule has 1 aromatic carbocycles. The molecular weight excluding hydrogens is 296 g/mol. The predicted octanol–water partition coefficient (Wildman–Crippen LogP) is 2.50. The third kappa shape index (κ3) is 4.35. The van der Waals surface area contributed by atoms with E-state index in [0.29, 0.717) is 29.3 Å². The van der Waals surface area contributed by atoms with Crippen LogP contribution in [0.15, 0.2) is 18.2 Å². The van der Waals surface area contributed by atoms with Crippen LogP contribution in [0.2, 0.25) is 0 Å². The highest BCUT2D eigenvalue weighted by Crippen LogP contribution is 2.30. The Kier molecular flexibility index (Phi) is 5.79. The minimum atomic E-state index is 0.444. The summed E-state index contributed by atoms with van der Waals surface area (Å²) in [7, 11) is 3.19. The molecule has 124 valence electrons. The number of hydrogen-bond donors (Lipinski definition) is 3. The molecule has 8 heteroatoms. The summed E-state index contributed by atoms with van der Waals surface area (Å²) >= 11 is 0. The molecule has 0 amide bonds. The smallest absolute Gasteiger partial charge is 0.233 e. The molecule has 23 heavy (non-hydrogen) atoms. The Balaban J connectivity index is 2.27. The first-order valence-electron chi connectivity index (χ1n) is 7.43. The summed E-state index contributed by atoms with van der Waals surface area (Å²) in [5, 5.41) is 9.32. The summed E-state index contributed by atoms with van der Waals surface area (Å²) in [5.41, 5.74) is 0.791. The number of ether oxygens (including phenoxy) is 2. The van der Waals surface area contributed by atoms with Crippen LogP contribution in [0.3, 0.4) is 0 Å². The minimum Gasteiger partial charge on any atom is -0.493 e. The summed E-state index contributed by atoms with van der Waals surface area (Å²) in [6.07, 6.45) is 0. The summed E-state index contributed by atoms with van der Waals surface area (Å²) in [4.78, 5) is 13.0. The lowest BCUT2D eigenvalue weighted by Crippen LogP contribution is -2.10. The molecule has 2 aromatic rings. The second-order valence-electron chi connectivity index (χ2n) is 4.56. The maximum absolute atomic E-state index is 5.30. The highest BCUT2D eigenvalue weighted by atomic mass is 16.5. The Hall–Kier alpha value is -2.77. The third-order valence-corrected chi connectivity index (χ3v) is 2.94. The van der Waals surface area contributed by atoms with Crippen molar-refractivity contribution < 1.29 is 9.47 Å². The molecule has 3 N–H and O–H groups in total. The largest absolute Gasteiger partial charge is 0.493 e. The van der Waals surface area contributed by atoms with Gasteiger partial charge in [0.15, 0.2) is 11.5 Å². The maximum atomic E-state index is 5.30. The Morgan fingerprint density at radius 2 is 1.39 bits per heavy atom. The number of aromatic nitrogens is 3. The zero-order valence-electron chi connectivity index (χ0n) is 13.8. The van der Waals surface area contributed by atoms with Crippen molar-refractivity contribution in [3.05, 3.63) is 18.2 Å². The van der Waals surface area contributed by atoms with Crippen molar-refractivity contribution in [2.75, 3.05) is 43.3 Å². The molecule has 0 aliphatic rings. The number of methoxy groups -OCH3 is 2. The van der Waals surface area contributed by atoms with Crippen molar-refractivity contribution in [1.82, 2.24) is 15.0 Å². The van der Waals surface area contributed by atoms with Gasteiger partial charge in [-0.25, -0.2) is 0 Å². The van der Waals surface area contributed by atoms with Gasteiger partial charge in [-0.05, 0) is 26.0 Å². The van der Waals surface area contributed by atoms with Crippen LogP contribution in [0, 0.1) is 0 Å². The van der Waals surface area contributed by atoms with Gasteiger partial charge in [-0.15, -0.1) is 0 Å². The minimum absolute atomic E-state index is 0.444. The fourth-order valence-electron chi connectivity index (χ4n) is 1.95. The van der Waals surface area contributed by atoms with E-state index in [-0.39, 0.29) is 0 Å². The molecular formula is C15H22N6O2. The first kappa shape index (κ1) is 16.6. The van der Waals surface area contributed by atoms with E-state index in [4.69, 9.17) is 9.47 Å². The fourth-order valence-corrected chi connectivity index (χ4v) is 1.95. The lowest BCUT2D eigenvalue weighted by molar-refractivity contribution is 0.355. The summed E-state index contributed by atoms with van der Waals surface area (Å²) < 4.78 is 10.5. The van der Waals surface area contributed by atoms with Crippen LogP contribution in [-0.2, 0) is 0 Å². The SMILES string of the molecule is CCNc1nc(NCC)nc(Nc2ccc(OC)c(OC)c2)n1. The second kappa shape index (κ2) is 8.02. The van der Waals surface area contributed by atoms with Gasteiger partial charge in [0.1, 0.15) is 0 Å². The highest BCUT2D eigenvalue weighted by molar-refractivity contribution is 5.60. The number of benzene rings is 1. The van der Waals surface area contributed by atoms with E-state index in [1.54, 1.807) is 14.2 Å². The molecule has 1 aromatic heterocycles. The molecule has 0 saturated heterocycles. The van der Waals surface area contributed by atoms with Gasteiger partial charge in [0.05, 0.1) is 14.2 Å². The lowest BCUT2D eigenvalue weighted by atomic mass is 10.3. The zero-order valence-corrected chi connectivity index (χ0v) is 13.8. The first-order chi connectivity index (χ1) is 11.2. The molecule has 0 aliphatic carbocycles. The fraction of sp³-hybridized carbons (Fsp3) is 0.400. The van der Waals surface area contributed by atoms with Gasteiger partial charge in [-0.1, -0.05) is 0 Å². The zero-order chi connectivity index (χ0) is 16.7. The third-order valence-electron chi connectivity index (χ3n) is 2.94. The monoisotopic (exact) mass is 318 g/mol. The van der Waals surface area contributed by atoms with Gasteiger partial charge in [0, 0.05) is 24.8 Å². The number of rotatable bonds is 8. The predicted molar refractivity (Wildman–Crippen MR) is 91.0 cm³/mol. The molecule has 0 unspecified atom stereocenters. The van der Waals surface area contributed by atoms with Crippen molar-refractivity contribution in [3.8, 4) is 11.5 Å². The van der Waals surface area contributed by atoms with Crippen LogP contribution < -0.4 is 25.4 Å². The number of hydrogen-bond acceptors (Lipinski definition) is 8. The van der Waals surface area contributed by atoms with Crippen molar-refractivity contribution in [1.29, 1.82) is 0 Å². The average Bonchev–Trinajstić information content (AvgIpc) is 2.55. The van der Waals surface area contributed by atoms with E-state index >= 15 is 0 Å². The number of nitrogens with zero attached hydrogens (tertiary/aromatic N) is 3. The Labute approximate surface area is 135 Å². The molecule has 0 aliphatic heterocycles. The van der Waals surface area contributed by atoms with Crippen molar-refractivity contribution in [2.45, 2.75) is 13.8 Å². The van der Waals surface area contributed by atoms with E-state index in [1.165, 1.54) is 0 Å². The molecule has 8 nitrogen and oxygen atoms in total. The molecule has 0 bridgehead atoms. The lowest BCUT2D eigenvalue weighted by Gasteiger charge is -2.12. The normalized spacial score (nSPS) is 10.1. The molecule has 1 heterocycles. The van der Waals surface area contributed by atoms with E-state index in [1.807, 2.05) is 32.0 Å². The molecule has 0 fully saturated rings. The van der Waals surface area contributed by atoms with Gasteiger partial charge in [0.25, 0.3) is 0 Å². The van der Waals surface area contributed by atoms with Gasteiger partial charge in [0.2, 0.25) is 17.8 Å². The summed E-state index contributed by atoms with van der Waals surface area (Å²) in [6.45, 7) is 5.42. The van der Waals surface area contributed by atoms with Gasteiger partial charge in [-0.3, -0.25) is 0 Å². The van der Waals surface area contributed by atoms with Crippen LogP contribution in [0.4, 0.5) is 23.5 Å².